The normalized spacial score (nSPS) is 10.6. The Morgan fingerprint density at radius 1 is 1.47 bits per heavy atom. The topological polar surface area (TPSA) is 101 Å². The molecule has 19 heavy (non-hydrogen) atoms. The lowest BCUT2D eigenvalue weighted by molar-refractivity contribution is 0.0520. The van der Waals surface area contributed by atoms with Gasteiger partial charge in [0.1, 0.15) is 0 Å². The lowest BCUT2D eigenvalue weighted by atomic mass is 10.4. The van der Waals surface area contributed by atoms with Gasteiger partial charge in [-0.15, -0.1) is 5.10 Å². The zero-order chi connectivity index (χ0) is 13.8. The Morgan fingerprint density at radius 2 is 2.26 bits per heavy atom. The maximum absolute atomic E-state index is 11.6. The van der Waals surface area contributed by atoms with E-state index in [1.807, 2.05) is 6.20 Å². The van der Waals surface area contributed by atoms with Gasteiger partial charge >= 0.3 is 5.97 Å². The number of nitrogens with zero attached hydrogens (tertiary/aromatic N) is 5. The van der Waals surface area contributed by atoms with Gasteiger partial charge in [-0.25, -0.2) is 4.79 Å². The van der Waals surface area contributed by atoms with E-state index in [1.54, 1.807) is 17.7 Å². The van der Waals surface area contributed by atoms with Crippen LogP contribution in [-0.2, 0) is 11.3 Å². The van der Waals surface area contributed by atoms with Crippen molar-refractivity contribution in [2.24, 2.45) is 0 Å². The highest BCUT2D eigenvalue weighted by molar-refractivity contribution is 5.92. The number of esters is 1. The second-order valence-corrected chi connectivity index (χ2v) is 3.89. The van der Waals surface area contributed by atoms with Crippen LogP contribution in [0.1, 0.15) is 30.8 Å². The molecule has 0 saturated heterocycles. The summed E-state index contributed by atoms with van der Waals surface area (Å²) in [6, 6.07) is 1.76. The number of hydrogen-bond acceptors (Lipinski definition) is 6. The van der Waals surface area contributed by atoms with Crippen molar-refractivity contribution in [3.8, 4) is 5.82 Å². The Hall–Kier alpha value is -2.38. The van der Waals surface area contributed by atoms with Gasteiger partial charge in [0.25, 0.3) is 0 Å². The van der Waals surface area contributed by atoms with Crippen LogP contribution in [0.25, 0.3) is 5.82 Å². The van der Waals surface area contributed by atoms with Gasteiger partial charge in [0, 0.05) is 18.8 Å². The van der Waals surface area contributed by atoms with Gasteiger partial charge < -0.3 is 10.5 Å². The second kappa shape index (κ2) is 5.51. The summed E-state index contributed by atoms with van der Waals surface area (Å²) >= 11 is 0. The first-order valence-corrected chi connectivity index (χ1v) is 6.09. The minimum Gasteiger partial charge on any atom is -0.461 e. The van der Waals surface area contributed by atoms with Crippen LogP contribution in [0.5, 0.6) is 0 Å². The molecule has 0 bridgehead atoms. The predicted molar refractivity (Wildman–Crippen MR) is 67.8 cm³/mol. The Balaban J connectivity index is 2.27. The van der Waals surface area contributed by atoms with Crippen molar-refractivity contribution in [1.82, 2.24) is 24.8 Å². The van der Waals surface area contributed by atoms with Gasteiger partial charge in [-0.2, -0.15) is 9.78 Å². The zero-order valence-corrected chi connectivity index (χ0v) is 10.9. The lowest BCUT2D eigenvalue weighted by Gasteiger charge is -2.00. The van der Waals surface area contributed by atoms with E-state index < -0.39 is 5.97 Å². The summed E-state index contributed by atoms with van der Waals surface area (Å²) in [4.78, 5) is 11.6. The van der Waals surface area contributed by atoms with E-state index in [0.29, 0.717) is 5.82 Å². The summed E-state index contributed by atoms with van der Waals surface area (Å²) in [5, 5.41) is 11.9. The van der Waals surface area contributed by atoms with Gasteiger partial charge in [-0.05, 0) is 13.3 Å². The van der Waals surface area contributed by atoms with Crippen LogP contribution in [0.2, 0.25) is 0 Å². The summed E-state index contributed by atoms with van der Waals surface area (Å²) in [5.74, 6) is 0.0634. The Labute approximate surface area is 110 Å². The van der Waals surface area contributed by atoms with E-state index in [2.05, 4.69) is 22.3 Å². The number of aryl methyl sites for hydroxylation is 1. The molecule has 0 fully saturated rings. The molecule has 8 nitrogen and oxygen atoms in total. The minimum absolute atomic E-state index is 0.00638. The summed E-state index contributed by atoms with van der Waals surface area (Å²) < 4.78 is 7.94. The first-order valence-electron chi connectivity index (χ1n) is 6.09. The number of nitrogen functional groups attached to an aromatic ring is 1. The fraction of sp³-hybridized carbons (Fsp3) is 0.455. The van der Waals surface area contributed by atoms with Gasteiger partial charge in [0.15, 0.2) is 11.6 Å². The number of nitrogens with two attached hydrogens (primary N) is 1. The van der Waals surface area contributed by atoms with E-state index >= 15 is 0 Å². The third-order valence-corrected chi connectivity index (χ3v) is 2.47. The molecule has 2 aromatic rings. The van der Waals surface area contributed by atoms with Crippen LogP contribution in [0.4, 0.5) is 5.82 Å². The van der Waals surface area contributed by atoms with Gasteiger partial charge in [-0.3, -0.25) is 4.68 Å². The maximum Gasteiger partial charge on any atom is 0.362 e. The quantitative estimate of drug-likeness (QED) is 0.795. The number of hydrogen-bond donors (Lipinski definition) is 1. The molecule has 2 aromatic heterocycles. The van der Waals surface area contributed by atoms with Crippen LogP contribution in [0, 0.1) is 0 Å². The molecule has 0 amide bonds. The number of carbonyl (C=O) groups is 1. The maximum atomic E-state index is 11.6. The third kappa shape index (κ3) is 2.56. The molecule has 8 heteroatoms. The van der Waals surface area contributed by atoms with Crippen LogP contribution >= 0.6 is 0 Å². The first kappa shape index (κ1) is 13.1. The fourth-order valence-corrected chi connectivity index (χ4v) is 1.62. The largest absolute Gasteiger partial charge is 0.461 e. The monoisotopic (exact) mass is 264 g/mol. The van der Waals surface area contributed by atoms with Crippen LogP contribution < -0.4 is 5.73 Å². The SMILES string of the molecule is CCCn1ccc(-n2nnc(C(=O)OCC)c2N)n1. The molecule has 0 aromatic carbocycles. The van der Waals surface area contributed by atoms with Gasteiger partial charge in [0.05, 0.1) is 6.61 Å². The number of carbonyl (C=O) groups excluding carboxylic acids is 1. The minimum atomic E-state index is -0.584. The highest BCUT2D eigenvalue weighted by Gasteiger charge is 2.20. The molecular weight excluding hydrogens is 248 g/mol. The van der Waals surface area contributed by atoms with E-state index in [9.17, 15) is 4.79 Å². The average molecular weight is 264 g/mol. The molecule has 0 atom stereocenters. The Kier molecular flexibility index (Phi) is 3.79. The summed E-state index contributed by atoms with van der Waals surface area (Å²) in [5.41, 5.74) is 5.84. The molecule has 2 N–H and O–H groups in total. The van der Waals surface area contributed by atoms with Crippen molar-refractivity contribution in [3.63, 3.8) is 0 Å². The van der Waals surface area contributed by atoms with Crippen LogP contribution in [0.15, 0.2) is 12.3 Å². The fourth-order valence-electron chi connectivity index (χ4n) is 1.62. The highest BCUT2D eigenvalue weighted by Crippen LogP contribution is 2.14. The number of ether oxygens (including phenoxy) is 1. The highest BCUT2D eigenvalue weighted by atomic mass is 16.5. The third-order valence-electron chi connectivity index (χ3n) is 2.47. The lowest BCUT2D eigenvalue weighted by Crippen LogP contribution is -2.10. The van der Waals surface area contributed by atoms with Crippen molar-refractivity contribution >= 4 is 11.8 Å². The van der Waals surface area contributed by atoms with Crippen molar-refractivity contribution in [1.29, 1.82) is 0 Å². The molecule has 0 radical (unpaired) electrons. The number of anilines is 1. The summed E-state index contributed by atoms with van der Waals surface area (Å²) in [6.45, 7) is 4.84. The van der Waals surface area contributed by atoms with Crippen molar-refractivity contribution in [3.05, 3.63) is 18.0 Å². The number of rotatable bonds is 5. The van der Waals surface area contributed by atoms with Gasteiger partial charge in [-0.1, -0.05) is 12.1 Å². The van der Waals surface area contributed by atoms with E-state index in [4.69, 9.17) is 10.5 Å². The van der Waals surface area contributed by atoms with Crippen molar-refractivity contribution in [2.75, 3.05) is 12.3 Å². The smallest absolute Gasteiger partial charge is 0.362 e. The standard InChI is InChI=1S/C11H16N6O2/c1-3-6-16-7-5-8(14-16)17-10(12)9(13-15-17)11(18)19-4-2/h5,7H,3-4,6,12H2,1-2H3. The summed E-state index contributed by atoms with van der Waals surface area (Å²) in [7, 11) is 0. The molecule has 102 valence electrons. The predicted octanol–water partition coefficient (Wildman–Crippen LogP) is 0.633. The molecule has 0 aliphatic heterocycles. The molecular formula is C11H16N6O2. The molecule has 0 aliphatic rings. The second-order valence-electron chi connectivity index (χ2n) is 3.89. The molecule has 2 rings (SSSR count). The van der Waals surface area contributed by atoms with Crippen molar-refractivity contribution < 1.29 is 9.53 Å². The van der Waals surface area contributed by atoms with Crippen molar-refractivity contribution in [2.45, 2.75) is 26.8 Å². The first-order chi connectivity index (χ1) is 9.17. The van der Waals surface area contributed by atoms with E-state index in [0.717, 1.165) is 13.0 Å². The van der Waals surface area contributed by atoms with E-state index in [1.165, 1.54) is 4.68 Å². The van der Waals surface area contributed by atoms with E-state index in [-0.39, 0.29) is 18.1 Å². The molecule has 0 spiro atoms. The zero-order valence-electron chi connectivity index (χ0n) is 10.9. The summed E-state index contributed by atoms with van der Waals surface area (Å²) in [6.07, 6.45) is 2.80. The van der Waals surface area contributed by atoms with Gasteiger partial charge in [0.2, 0.25) is 5.69 Å². The average Bonchev–Trinajstić information content (AvgIpc) is 2.96. The molecule has 2 heterocycles. The molecule has 0 saturated carbocycles. The molecule has 0 unspecified atom stereocenters. The molecule has 0 aliphatic carbocycles. The van der Waals surface area contributed by atoms with Crippen LogP contribution in [0.3, 0.4) is 0 Å². The Morgan fingerprint density at radius 3 is 2.95 bits per heavy atom. The number of aromatic nitrogens is 5. The Bertz CT molecular complexity index is 574. The van der Waals surface area contributed by atoms with Crippen LogP contribution in [-0.4, -0.2) is 37.4 Å².